The van der Waals surface area contributed by atoms with E-state index in [2.05, 4.69) is 9.97 Å². The van der Waals surface area contributed by atoms with Crippen LogP contribution in [0.5, 0.6) is 17.2 Å². The van der Waals surface area contributed by atoms with E-state index in [-0.39, 0.29) is 17.4 Å². The predicted molar refractivity (Wildman–Crippen MR) is 106 cm³/mol. The van der Waals surface area contributed by atoms with Crippen molar-refractivity contribution >= 4 is 5.91 Å². The topological polar surface area (TPSA) is 93.8 Å². The van der Waals surface area contributed by atoms with Crippen LogP contribution in [0, 0.1) is 12.8 Å². The minimum atomic E-state index is -0.0956. The summed E-state index contributed by atoms with van der Waals surface area (Å²) >= 11 is 0. The van der Waals surface area contributed by atoms with E-state index < -0.39 is 0 Å². The molecule has 29 heavy (non-hydrogen) atoms. The predicted octanol–water partition coefficient (Wildman–Crippen LogP) is 1.91. The van der Waals surface area contributed by atoms with Crippen molar-refractivity contribution in [2.24, 2.45) is 5.92 Å². The highest BCUT2D eigenvalue weighted by molar-refractivity contribution is 5.96. The fourth-order valence-corrected chi connectivity index (χ4v) is 4.54. The molecule has 4 rings (SSSR count). The van der Waals surface area contributed by atoms with Crippen LogP contribution in [0.15, 0.2) is 16.9 Å². The first-order valence-corrected chi connectivity index (χ1v) is 9.65. The number of benzene rings is 1. The number of nitrogens with one attached hydrogen (secondary N) is 1. The normalized spacial score (nSPS) is 20.1. The van der Waals surface area contributed by atoms with Gasteiger partial charge in [0, 0.05) is 30.1 Å². The standard InChI is InChI=1S/C21H25N3O5/c1-11-22-18-14(20(25)23-11)6-5-12-9-24(10-15(12)18)21(26)13-7-16(27-2)19(29-4)17(8-13)28-3/h7-8,12,15H,5-6,9-10H2,1-4H3,(H,22,23,25)/t12-,15+/m1/s1. The van der Waals surface area contributed by atoms with Crippen molar-refractivity contribution in [2.75, 3.05) is 34.4 Å². The van der Waals surface area contributed by atoms with Crippen LogP contribution in [0.4, 0.5) is 0 Å². The van der Waals surface area contributed by atoms with Crippen LogP contribution >= 0.6 is 0 Å². The molecule has 0 saturated carbocycles. The van der Waals surface area contributed by atoms with Crippen molar-refractivity contribution in [2.45, 2.75) is 25.7 Å². The number of aromatic nitrogens is 2. The number of aryl methyl sites for hydroxylation is 1. The number of carbonyl (C=O) groups is 1. The van der Waals surface area contributed by atoms with E-state index >= 15 is 0 Å². The first kappa shape index (κ1) is 19.3. The highest BCUT2D eigenvalue weighted by Crippen LogP contribution is 2.42. The number of fused-ring (bicyclic) bond motifs is 3. The Bertz CT molecular complexity index is 991. The number of aromatic amines is 1. The second-order valence-corrected chi connectivity index (χ2v) is 7.54. The first-order valence-electron chi connectivity index (χ1n) is 9.65. The number of rotatable bonds is 4. The summed E-state index contributed by atoms with van der Waals surface area (Å²) in [6, 6.07) is 3.35. The van der Waals surface area contributed by atoms with Gasteiger partial charge in [-0.05, 0) is 37.8 Å². The summed E-state index contributed by atoms with van der Waals surface area (Å²) in [5.41, 5.74) is 2.04. The third-order valence-corrected chi connectivity index (χ3v) is 5.92. The van der Waals surface area contributed by atoms with Gasteiger partial charge in [-0.1, -0.05) is 0 Å². The number of nitrogens with zero attached hydrogens (tertiary/aromatic N) is 2. The zero-order chi connectivity index (χ0) is 20.7. The lowest BCUT2D eigenvalue weighted by Crippen LogP contribution is -2.29. The average Bonchev–Trinajstić information content (AvgIpc) is 3.16. The summed E-state index contributed by atoms with van der Waals surface area (Å²) in [6.07, 6.45) is 1.58. The van der Waals surface area contributed by atoms with E-state index in [0.717, 1.165) is 17.7 Å². The first-order chi connectivity index (χ1) is 14.0. The van der Waals surface area contributed by atoms with Gasteiger partial charge in [-0.15, -0.1) is 0 Å². The van der Waals surface area contributed by atoms with Crippen LogP contribution in [0.25, 0.3) is 0 Å². The van der Waals surface area contributed by atoms with Crippen molar-refractivity contribution < 1.29 is 19.0 Å². The molecule has 8 nitrogen and oxygen atoms in total. The fraction of sp³-hybridized carbons (Fsp3) is 0.476. The molecular formula is C21H25N3O5. The van der Waals surface area contributed by atoms with E-state index in [1.807, 2.05) is 4.90 Å². The molecule has 154 valence electrons. The molecule has 2 heterocycles. The molecule has 2 aromatic rings. The molecule has 2 aliphatic rings. The van der Waals surface area contributed by atoms with E-state index in [1.54, 1.807) is 19.1 Å². The summed E-state index contributed by atoms with van der Waals surface area (Å²) in [5, 5.41) is 0. The Balaban J connectivity index is 1.64. The lowest BCUT2D eigenvalue weighted by atomic mass is 9.80. The number of amides is 1. The quantitative estimate of drug-likeness (QED) is 0.844. The number of hydrogen-bond donors (Lipinski definition) is 1. The highest BCUT2D eigenvalue weighted by Gasteiger charge is 2.41. The minimum absolute atomic E-state index is 0.0552. The molecule has 2 atom stereocenters. The summed E-state index contributed by atoms with van der Waals surface area (Å²) in [6.45, 7) is 2.98. The fourth-order valence-electron chi connectivity index (χ4n) is 4.54. The Labute approximate surface area is 168 Å². The lowest BCUT2D eigenvalue weighted by Gasteiger charge is -2.25. The van der Waals surface area contributed by atoms with E-state index in [1.165, 1.54) is 21.3 Å². The van der Waals surface area contributed by atoms with Crippen LogP contribution in [0.2, 0.25) is 0 Å². The molecule has 1 fully saturated rings. The number of likely N-dealkylation sites (tertiary alicyclic amines) is 1. The molecule has 1 saturated heterocycles. The molecule has 0 unspecified atom stereocenters. The SMILES string of the molecule is COc1cc(C(=O)N2C[C@H]3CCc4c(nc(C)[nH]c4=O)[C@H]3C2)cc(OC)c1OC. The molecule has 1 N–H and O–H groups in total. The molecular weight excluding hydrogens is 374 g/mol. The second-order valence-electron chi connectivity index (χ2n) is 7.54. The Morgan fingerprint density at radius 3 is 2.45 bits per heavy atom. The molecule has 1 amide bonds. The maximum atomic E-state index is 13.3. The van der Waals surface area contributed by atoms with Crippen LogP contribution in [0.1, 0.15) is 39.8 Å². The molecule has 0 bridgehead atoms. The maximum absolute atomic E-state index is 13.3. The smallest absolute Gasteiger partial charge is 0.254 e. The third-order valence-electron chi connectivity index (χ3n) is 5.92. The van der Waals surface area contributed by atoms with E-state index in [4.69, 9.17) is 14.2 Å². The Kier molecular flexibility index (Phi) is 4.94. The van der Waals surface area contributed by atoms with Crippen LogP contribution in [0.3, 0.4) is 0 Å². The van der Waals surface area contributed by atoms with Crippen LogP contribution in [-0.4, -0.2) is 55.2 Å². The van der Waals surface area contributed by atoms with Gasteiger partial charge in [0.25, 0.3) is 11.5 Å². The number of hydrogen-bond acceptors (Lipinski definition) is 6. The summed E-state index contributed by atoms with van der Waals surface area (Å²) < 4.78 is 16.1. The summed E-state index contributed by atoms with van der Waals surface area (Å²) in [5.74, 6) is 2.26. The van der Waals surface area contributed by atoms with Crippen LogP contribution in [-0.2, 0) is 6.42 Å². The molecule has 0 spiro atoms. The lowest BCUT2D eigenvalue weighted by molar-refractivity contribution is 0.0785. The van der Waals surface area contributed by atoms with Crippen LogP contribution < -0.4 is 19.8 Å². The monoisotopic (exact) mass is 399 g/mol. The number of H-pyrrole nitrogens is 1. The van der Waals surface area contributed by atoms with Gasteiger partial charge in [0.05, 0.1) is 27.0 Å². The Morgan fingerprint density at radius 2 is 1.83 bits per heavy atom. The van der Waals surface area contributed by atoms with Gasteiger partial charge in [-0.2, -0.15) is 0 Å². The summed E-state index contributed by atoms with van der Waals surface area (Å²) in [4.78, 5) is 34.8. The Morgan fingerprint density at radius 1 is 1.14 bits per heavy atom. The van der Waals surface area contributed by atoms with Crippen molar-refractivity contribution in [3.63, 3.8) is 0 Å². The van der Waals surface area contributed by atoms with Gasteiger partial charge in [0.15, 0.2) is 11.5 Å². The van der Waals surface area contributed by atoms with Gasteiger partial charge in [-0.25, -0.2) is 4.98 Å². The van der Waals surface area contributed by atoms with Gasteiger partial charge < -0.3 is 24.1 Å². The number of carbonyl (C=O) groups excluding carboxylic acids is 1. The van der Waals surface area contributed by atoms with Crippen molar-refractivity contribution in [1.82, 2.24) is 14.9 Å². The maximum Gasteiger partial charge on any atom is 0.254 e. The largest absolute Gasteiger partial charge is 0.493 e. The zero-order valence-corrected chi connectivity index (χ0v) is 17.1. The molecule has 1 aliphatic heterocycles. The highest BCUT2D eigenvalue weighted by atomic mass is 16.5. The zero-order valence-electron chi connectivity index (χ0n) is 17.1. The Hall–Kier alpha value is -3.03. The van der Waals surface area contributed by atoms with Crippen molar-refractivity contribution in [1.29, 1.82) is 0 Å². The second kappa shape index (κ2) is 7.42. The molecule has 0 radical (unpaired) electrons. The molecule has 1 aliphatic carbocycles. The minimum Gasteiger partial charge on any atom is -0.493 e. The number of methoxy groups -OCH3 is 3. The number of ether oxygens (including phenoxy) is 3. The third kappa shape index (κ3) is 3.22. The van der Waals surface area contributed by atoms with Gasteiger partial charge in [0.1, 0.15) is 5.82 Å². The van der Waals surface area contributed by atoms with E-state index in [9.17, 15) is 9.59 Å². The van der Waals surface area contributed by atoms with Gasteiger partial charge in [0.2, 0.25) is 5.75 Å². The van der Waals surface area contributed by atoms with Crippen molar-refractivity contribution in [3.8, 4) is 17.2 Å². The average molecular weight is 399 g/mol. The van der Waals surface area contributed by atoms with Gasteiger partial charge >= 0.3 is 0 Å². The van der Waals surface area contributed by atoms with Gasteiger partial charge in [-0.3, -0.25) is 9.59 Å². The van der Waals surface area contributed by atoms with E-state index in [0.29, 0.717) is 54.1 Å². The molecule has 1 aromatic carbocycles. The molecule has 1 aromatic heterocycles. The van der Waals surface area contributed by atoms with Crippen molar-refractivity contribution in [3.05, 3.63) is 45.1 Å². The molecule has 8 heteroatoms. The summed E-state index contributed by atoms with van der Waals surface area (Å²) in [7, 11) is 4.58.